The maximum absolute atomic E-state index is 11.4. The number of nitrogens with zero attached hydrogens (tertiary/aromatic N) is 1. The van der Waals surface area contributed by atoms with Crippen molar-refractivity contribution in [3.05, 3.63) is 45.9 Å². The lowest BCUT2D eigenvalue weighted by Gasteiger charge is -2.06. The molecule has 0 fully saturated rings. The molecule has 3 rings (SSSR count). The van der Waals surface area contributed by atoms with Crippen LogP contribution in [0.25, 0.3) is 0 Å². The number of hydrogen-bond donors (Lipinski definition) is 0. The lowest BCUT2D eigenvalue weighted by atomic mass is 10.1. The molecule has 2 aromatic rings. The molecule has 0 saturated carbocycles. The van der Waals surface area contributed by atoms with Gasteiger partial charge >= 0.3 is 5.97 Å². The van der Waals surface area contributed by atoms with E-state index < -0.39 is 0 Å². The summed E-state index contributed by atoms with van der Waals surface area (Å²) in [6.07, 6.45) is 1.03. The highest BCUT2D eigenvalue weighted by Crippen LogP contribution is 2.37. The normalized spacial score (nSPS) is 16.6. The molecule has 1 aliphatic heterocycles. The third-order valence-electron chi connectivity index (χ3n) is 3.12. The van der Waals surface area contributed by atoms with Gasteiger partial charge in [-0.15, -0.1) is 11.3 Å². The predicted octanol–water partition coefficient (Wildman–Crippen LogP) is 2.92. The predicted molar refractivity (Wildman–Crippen MR) is 76.0 cm³/mol. The van der Waals surface area contributed by atoms with Crippen LogP contribution < -0.4 is 4.74 Å². The Morgan fingerprint density at radius 1 is 1.50 bits per heavy atom. The quantitative estimate of drug-likeness (QED) is 0.812. The van der Waals surface area contributed by atoms with Crippen LogP contribution in [-0.4, -0.2) is 17.6 Å². The number of rotatable bonds is 4. The Hall–Kier alpha value is -1.88. The van der Waals surface area contributed by atoms with Crippen molar-refractivity contribution in [2.45, 2.75) is 25.9 Å². The number of hydrogen-bond acceptors (Lipinski definition) is 5. The first-order chi connectivity index (χ1) is 9.76. The van der Waals surface area contributed by atoms with Crippen LogP contribution in [0.4, 0.5) is 0 Å². The van der Waals surface area contributed by atoms with Crippen molar-refractivity contribution in [1.29, 1.82) is 0 Å². The Labute approximate surface area is 121 Å². The highest BCUT2D eigenvalue weighted by molar-refractivity contribution is 7.09. The van der Waals surface area contributed by atoms with Gasteiger partial charge in [-0.1, -0.05) is 18.2 Å². The molecule has 0 bridgehead atoms. The van der Waals surface area contributed by atoms with Gasteiger partial charge in [-0.25, -0.2) is 4.98 Å². The number of thiazole rings is 1. The third kappa shape index (κ3) is 2.67. The molecular weight excluding hydrogens is 274 g/mol. The number of para-hydroxylation sites is 1. The first-order valence-electron chi connectivity index (χ1n) is 6.60. The fourth-order valence-corrected chi connectivity index (χ4v) is 3.08. The second-order valence-corrected chi connectivity index (χ2v) is 5.47. The van der Waals surface area contributed by atoms with Crippen LogP contribution in [0.1, 0.15) is 29.3 Å². The molecule has 0 N–H and O–H groups in total. The largest absolute Gasteiger partial charge is 0.483 e. The molecule has 0 spiro atoms. The maximum atomic E-state index is 11.4. The Bertz CT molecular complexity index is 598. The van der Waals surface area contributed by atoms with Crippen LogP contribution in [0.15, 0.2) is 29.6 Å². The smallest absolute Gasteiger partial charge is 0.311 e. The van der Waals surface area contributed by atoms with Gasteiger partial charge in [0.05, 0.1) is 18.7 Å². The summed E-state index contributed by atoms with van der Waals surface area (Å²) in [5.74, 6) is 0.694. The summed E-state index contributed by atoms with van der Waals surface area (Å²) in [6.45, 7) is 2.20. The van der Waals surface area contributed by atoms with Crippen molar-refractivity contribution in [2.75, 3.05) is 6.61 Å². The lowest BCUT2D eigenvalue weighted by Crippen LogP contribution is -2.08. The molecule has 0 aliphatic carbocycles. The number of carbonyl (C=O) groups is 1. The number of aromatic nitrogens is 1. The van der Waals surface area contributed by atoms with E-state index in [2.05, 4.69) is 11.1 Å². The van der Waals surface area contributed by atoms with Crippen LogP contribution in [0.5, 0.6) is 5.75 Å². The van der Waals surface area contributed by atoms with E-state index in [4.69, 9.17) is 9.47 Å². The van der Waals surface area contributed by atoms with E-state index in [1.807, 2.05) is 23.6 Å². The minimum atomic E-state index is -0.236. The molecule has 0 radical (unpaired) electrons. The molecule has 0 amide bonds. The van der Waals surface area contributed by atoms with Crippen molar-refractivity contribution >= 4 is 17.3 Å². The number of esters is 1. The van der Waals surface area contributed by atoms with E-state index in [-0.39, 0.29) is 18.5 Å². The molecule has 1 atom stereocenters. The van der Waals surface area contributed by atoms with Crippen LogP contribution >= 0.6 is 11.3 Å². The molecule has 20 heavy (non-hydrogen) atoms. The topological polar surface area (TPSA) is 48.4 Å². The average molecular weight is 289 g/mol. The summed E-state index contributed by atoms with van der Waals surface area (Å²) in [7, 11) is 0. The molecule has 1 unspecified atom stereocenters. The van der Waals surface area contributed by atoms with E-state index >= 15 is 0 Å². The van der Waals surface area contributed by atoms with Crippen molar-refractivity contribution < 1.29 is 14.3 Å². The van der Waals surface area contributed by atoms with Gasteiger partial charge in [0.2, 0.25) is 0 Å². The van der Waals surface area contributed by atoms with Gasteiger partial charge in [0.25, 0.3) is 0 Å². The van der Waals surface area contributed by atoms with Gasteiger partial charge < -0.3 is 9.47 Å². The summed E-state index contributed by atoms with van der Waals surface area (Å²) in [4.78, 5) is 15.9. The molecule has 0 saturated heterocycles. The fourth-order valence-electron chi connectivity index (χ4n) is 2.23. The fraction of sp³-hybridized carbons (Fsp3) is 0.333. The minimum absolute atomic E-state index is 0.0339. The Morgan fingerprint density at radius 3 is 3.15 bits per heavy atom. The molecule has 4 nitrogen and oxygen atoms in total. The Balaban J connectivity index is 1.68. The van der Waals surface area contributed by atoms with Gasteiger partial charge in [0, 0.05) is 11.8 Å². The number of ether oxygens (including phenoxy) is 2. The van der Waals surface area contributed by atoms with E-state index in [1.54, 1.807) is 6.92 Å². The highest BCUT2D eigenvalue weighted by Gasteiger charge is 2.26. The summed E-state index contributed by atoms with van der Waals surface area (Å²) in [6, 6.07) is 8.03. The first-order valence-corrected chi connectivity index (χ1v) is 7.48. The average Bonchev–Trinajstić information content (AvgIpc) is 3.04. The van der Waals surface area contributed by atoms with Gasteiger partial charge in [-0.3, -0.25) is 4.79 Å². The molecule has 1 aliphatic rings. The Morgan fingerprint density at radius 2 is 2.35 bits per heavy atom. The zero-order valence-electron chi connectivity index (χ0n) is 11.2. The minimum Gasteiger partial charge on any atom is -0.483 e. The zero-order chi connectivity index (χ0) is 13.9. The summed E-state index contributed by atoms with van der Waals surface area (Å²) >= 11 is 1.53. The molecule has 1 aromatic heterocycles. The van der Waals surface area contributed by atoms with E-state index in [9.17, 15) is 4.79 Å². The van der Waals surface area contributed by atoms with Crippen LogP contribution in [0.3, 0.4) is 0 Å². The van der Waals surface area contributed by atoms with Crippen molar-refractivity contribution in [3.63, 3.8) is 0 Å². The van der Waals surface area contributed by atoms with E-state index in [0.717, 1.165) is 22.9 Å². The Kier molecular flexibility index (Phi) is 3.69. The SMILES string of the molecule is CCOC(=O)Cc1csc(C2Cc3ccccc3O2)n1. The van der Waals surface area contributed by atoms with E-state index in [0.29, 0.717) is 6.61 Å². The van der Waals surface area contributed by atoms with Gasteiger partial charge in [-0.2, -0.15) is 0 Å². The molecule has 1 aromatic carbocycles. The summed E-state index contributed by atoms with van der Waals surface area (Å²) in [5, 5.41) is 2.82. The number of benzene rings is 1. The monoisotopic (exact) mass is 289 g/mol. The second kappa shape index (κ2) is 5.63. The van der Waals surface area contributed by atoms with Crippen molar-refractivity contribution in [2.24, 2.45) is 0 Å². The molecule has 104 valence electrons. The second-order valence-electron chi connectivity index (χ2n) is 4.58. The third-order valence-corrected chi connectivity index (χ3v) is 4.11. The summed E-state index contributed by atoms with van der Waals surface area (Å²) < 4.78 is 10.8. The molecule has 5 heteroatoms. The van der Waals surface area contributed by atoms with Gasteiger partial charge in [-0.05, 0) is 18.6 Å². The molecule has 2 heterocycles. The molecular formula is C15H15NO3S. The lowest BCUT2D eigenvalue weighted by molar-refractivity contribution is -0.142. The first kappa shape index (κ1) is 13.1. The number of carbonyl (C=O) groups excluding carboxylic acids is 1. The van der Waals surface area contributed by atoms with Crippen LogP contribution in [0, 0.1) is 0 Å². The van der Waals surface area contributed by atoms with E-state index in [1.165, 1.54) is 16.9 Å². The number of fused-ring (bicyclic) bond motifs is 1. The van der Waals surface area contributed by atoms with Gasteiger partial charge in [0.1, 0.15) is 10.8 Å². The highest BCUT2D eigenvalue weighted by atomic mass is 32.1. The van der Waals surface area contributed by atoms with Gasteiger partial charge in [0.15, 0.2) is 6.10 Å². The van der Waals surface area contributed by atoms with Crippen LogP contribution in [0.2, 0.25) is 0 Å². The maximum Gasteiger partial charge on any atom is 0.311 e. The summed E-state index contributed by atoms with van der Waals surface area (Å²) in [5.41, 5.74) is 1.96. The van der Waals surface area contributed by atoms with Crippen molar-refractivity contribution in [1.82, 2.24) is 4.98 Å². The standard InChI is InChI=1S/C15H15NO3S/c1-2-18-14(17)8-11-9-20-15(16-11)13-7-10-5-3-4-6-12(10)19-13/h3-6,9,13H,2,7-8H2,1H3. The zero-order valence-corrected chi connectivity index (χ0v) is 12.0. The van der Waals surface area contributed by atoms with Crippen LogP contribution in [-0.2, 0) is 22.4 Å². The van der Waals surface area contributed by atoms with Crippen molar-refractivity contribution in [3.8, 4) is 5.75 Å².